The molecule has 1 aromatic carbocycles. The van der Waals surface area contributed by atoms with Crippen LogP contribution in [0.2, 0.25) is 0 Å². The van der Waals surface area contributed by atoms with E-state index < -0.39 is 6.61 Å². The van der Waals surface area contributed by atoms with Crippen molar-refractivity contribution in [2.24, 2.45) is 11.8 Å². The Morgan fingerprint density at radius 2 is 1.74 bits per heavy atom. The Bertz CT molecular complexity index is 418. The van der Waals surface area contributed by atoms with E-state index in [2.05, 4.69) is 10.1 Å². The van der Waals surface area contributed by atoms with Crippen LogP contribution in [0.25, 0.3) is 0 Å². The Morgan fingerprint density at radius 1 is 1.11 bits per heavy atom. The van der Waals surface area contributed by atoms with Crippen molar-refractivity contribution in [2.75, 3.05) is 0 Å². The first-order chi connectivity index (χ1) is 9.24. The molecule has 104 valence electrons. The van der Waals surface area contributed by atoms with Crippen LogP contribution in [0.1, 0.15) is 31.2 Å². The first kappa shape index (κ1) is 12.9. The van der Waals surface area contributed by atoms with Crippen LogP contribution in [0.15, 0.2) is 24.3 Å². The number of alkyl halides is 2. The van der Waals surface area contributed by atoms with Crippen LogP contribution in [0.3, 0.4) is 0 Å². The fourth-order valence-corrected chi connectivity index (χ4v) is 2.72. The lowest BCUT2D eigenvalue weighted by Crippen LogP contribution is -2.32. The molecule has 2 nitrogen and oxygen atoms in total. The molecule has 1 aromatic rings. The lowest BCUT2D eigenvalue weighted by molar-refractivity contribution is -0.0505. The smallest absolute Gasteiger partial charge is 0.387 e. The van der Waals surface area contributed by atoms with Crippen molar-refractivity contribution in [1.29, 1.82) is 0 Å². The van der Waals surface area contributed by atoms with Gasteiger partial charge in [0, 0.05) is 18.2 Å². The number of nitrogens with one attached hydrogen (secondary N) is 1. The number of hydrogen-bond donors (Lipinski definition) is 1. The maximum absolute atomic E-state index is 12.3. The monoisotopic (exact) mass is 267 g/mol. The van der Waals surface area contributed by atoms with Gasteiger partial charge in [-0.1, -0.05) is 18.2 Å². The first-order valence-electron chi connectivity index (χ1n) is 7.00. The molecular formula is C15H19F2NO. The fourth-order valence-electron chi connectivity index (χ4n) is 2.72. The molecule has 0 radical (unpaired) electrons. The zero-order valence-electron chi connectivity index (χ0n) is 10.8. The van der Waals surface area contributed by atoms with Crippen molar-refractivity contribution in [3.05, 3.63) is 29.8 Å². The van der Waals surface area contributed by atoms with Crippen LogP contribution < -0.4 is 10.1 Å². The maximum Gasteiger partial charge on any atom is 0.387 e. The number of para-hydroxylation sites is 1. The van der Waals surface area contributed by atoms with Crippen LogP contribution in [0.5, 0.6) is 5.75 Å². The van der Waals surface area contributed by atoms with E-state index in [-0.39, 0.29) is 5.75 Å². The molecule has 2 aliphatic carbocycles. The average molecular weight is 267 g/mol. The lowest BCUT2D eigenvalue weighted by atomic mass is 10.1. The Labute approximate surface area is 112 Å². The third-order valence-corrected chi connectivity index (χ3v) is 3.98. The van der Waals surface area contributed by atoms with E-state index >= 15 is 0 Å². The van der Waals surface area contributed by atoms with Gasteiger partial charge >= 0.3 is 6.61 Å². The molecule has 0 spiro atoms. The fraction of sp³-hybridized carbons (Fsp3) is 0.600. The quantitative estimate of drug-likeness (QED) is 0.815. The summed E-state index contributed by atoms with van der Waals surface area (Å²) in [5, 5.41) is 3.55. The zero-order chi connectivity index (χ0) is 13.2. The highest BCUT2D eigenvalue weighted by atomic mass is 19.3. The number of rotatable bonds is 7. The second-order valence-corrected chi connectivity index (χ2v) is 5.57. The average Bonchev–Trinajstić information content (AvgIpc) is 3.25. The standard InChI is InChI=1S/C15H19F2NO/c16-15(17)19-13-4-2-1-3-12(13)9-18-14(10-5-6-10)11-7-8-11/h1-4,10-11,14-15,18H,5-9H2. The summed E-state index contributed by atoms with van der Waals surface area (Å²) < 4.78 is 29.2. The third kappa shape index (κ3) is 3.44. The van der Waals surface area contributed by atoms with Crippen LogP contribution in [0.4, 0.5) is 8.78 Å². The van der Waals surface area contributed by atoms with Crippen molar-refractivity contribution in [3.63, 3.8) is 0 Å². The minimum Gasteiger partial charge on any atom is -0.434 e. The molecule has 0 saturated heterocycles. The number of benzene rings is 1. The Hall–Kier alpha value is -1.16. The summed E-state index contributed by atoms with van der Waals surface area (Å²) in [6, 6.07) is 7.60. The van der Waals surface area contributed by atoms with Crippen molar-refractivity contribution in [2.45, 2.75) is 44.9 Å². The van der Waals surface area contributed by atoms with Crippen molar-refractivity contribution >= 4 is 0 Å². The second-order valence-electron chi connectivity index (χ2n) is 5.57. The number of halogens is 2. The van der Waals surface area contributed by atoms with Gasteiger partial charge < -0.3 is 10.1 Å². The van der Waals surface area contributed by atoms with Gasteiger partial charge in [-0.3, -0.25) is 0 Å². The normalized spacial score (nSPS) is 19.2. The van der Waals surface area contributed by atoms with Gasteiger partial charge in [-0.2, -0.15) is 8.78 Å². The van der Waals surface area contributed by atoms with Gasteiger partial charge in [0.15, 0.2) is 0 Å². The van der Waals surface area contributed by atoms with Gasteiger partial charge in [0.25, 0.3) is 0 Å². The molecule has 1 N–H and O–H groups in total. The van der Waals surface area contributed by atoms with Crippen LogP contribution in [0, 0.1) is 11.8 Å². The molecule has 0 bridgehead atoms. The van der Waals surface area contributed by atoms with Gasteiger partial charge in [-0.15, -0.1) is 0 Å². The van der Waals surface area contributed by atoms with Crippen molar-refractivity contribution in [1.82, 2.24) is 5.32 Å². The van der Waals surface area contributed by atoms with E-state index in [0.717, 1.165) is 17.4 Å². The van der Waals surface area contributed by atoms with Crippen LogP contribution in [-0.4, -0.2) is 12.7 Å². The minimum atomic E-state index is -2.76. The molecule has 3 rings (SSSR count). The van der Waals surface area contributed by atoms with Gasteiger partial charge in [0.2, 0.25) is 0 Å². The molecule has 0 amide bonds. The van der Waals surface area contributed by atoms with Gasteiger partial charge in [-0.25, -0.2) is 0 Å². The highest BCUT2D eigenvalue weighted by Crippen LogP contribution is 2.44. The Balaban J connectivity index is 1.62. The van der Waals surface area contributed by atoms with Gasteiger partial charge in [0.05, 0.1) is 0 Å². The first-order valence-corrected chi connectivity index (χ1v) is 7.00. The van der Waals surface area contributed by atoms with Gasteiger partial charge in [0.1, 0.15) is 5.75 Å². The second kappa shape index (κ2) is 5.45. The predicted molar refractivity (Wildman–Crippen MR) is 69.1 cm³/mol. The molecule has 0 atom stereocenters. The summed E-state index contributed by atoms with van der Waals surface area (Å²) in [5.74, 6) is 1.89. The van der Waals surface area contributed by atoms with E-state index in [1.54, 1.807) is 12.1 Å². The summed E-state index contributed by atoms with van der Waals surface area (Å²) >= 11 is 0. The largest absolute Gasteiger partial charge is 0.434 e. The van der Waals surface area contributed by atoms with Crippen LogP contribution >= 0.6 is 0 Å². The topological polar surface area (TPSA) is 21.3 Å². The molecule has 2 saturated carbocycles. The lowest BCUT2D eigenvalue weighted by Gasteiger charge is -2.19. The molecule has 2 fully saturated rings. The van der Waals surface area contributed by atoms with Crippen molar-refractivity contribution in [3.8, 4) is 5.75 Å². The van der Waals surface area contributed by atoms with Crippen molar-refractivity contribution < 1.29 is 13.5 Å². The number of ether oxygens (including phenoxy) is 1. The molecule has 19 heavy (non-hydrogen) atoms. The molecule has 0 aliphatic heterocycles. The van der Waals surface area contributed by atoms with E-state index in [1.807, 2.05) is 12.1 Å². The maximum atomic E-state index is 12.3. The summed E-state index contributed by atoms with van der Waals surface area (Å²) in [6.07, 6.45) is 5.24. The van der Waals surface area contributed by atoms with E-state index in [0.29, 0.717) is 12.6 Å². The Morgan fingerprint density at radius 3 is 2.32 bits per heavy atom. The SMILES string of the molecule is FC(F)Oc1ccccc1CNC(C1CC1)C1CC1. The molecule has 0 heterocycles. The minimum absolute atomic E-state index is 0.287. The third-order valence-electron chi connectivity index (χ3n) is 3.98. The Kier molecular flexibility index (Phi) is 3.69. The van der Waals surface area contributed by atoms with Gasteiger partial charge in [-0.05, 0) is 43.6 Å². The highest BCUT2D eigenvalue weighted by Gasteiger charge is 2.41. The molecule has 4 heteroatoms. The number of hydrogen-bond acceptors (Lipinski definition) is 2. The summed E-state index contributed by atoms with van der Waals surface area (Å²) in [7, 11) is 0. The molecule has 0 unspecified atom stereocenters. The molecule has 2 aliphatic rings. The highest BCUT2D eigenvalue weighted by molar-refractivity contribution is 5.33. The summed E-state index contributed by atoms with van der Waals surface area (Å²) in [4.78, 5) is 0. The zero-order valence-corrected chi connectivity index (χ0v) is 10.8. The summed E-state index contributed by atoms with van der Waals surface area (Å²) in [6.45, 7) is -2.15. The van der Waals surface area contributed by atoms with E-state index in [4.69, 9.17) is 0 Å². The molecule has 0 aromatic heterocycles. The van der Waals surface area contributed by atoms with E-state index in [1.165, 1.54) is 25.7 Å². The van der Waals surface area contributed by atoms with Crippen LogP contribution in [-0.2, 0) is 6.54 Å². The predicted octanol–water partition coefficient (Wildman–Crippen LogP) is 3.57. The molecular weight excluding hydrogens is 248 g/mol. The summed E-state index contributed by atoms with van der Waals surface area (Å²) in [5.41, 5.74) is 0.814. The van der Waals surface area contributed by atoms with E-state index in [9.17, 15) is 8.78 Å².